The van der Waals surface area contributed by atoms with Crippen molar-refractivity contribution >= 4 is 29.1 Å². The fraction of sp³-hybridized carbons (Fsp3) is 0.333. The SMILES string of the molecule is Cc1ccc(CN(C)C(=O)c2ccc(Cl)c(N3CCCC3=O)c2)c(C)c1. The van der Waals surface area contributed by atoms with Crippen LogP contribution in [0.1, 0.15) is 39.9 Å². The van der Waals surface area contributed by atoms with Crippen molar-refractivity contribution in [1.29, 1.82) is 0 Å². The fourth-order valence-corrected chi connectivity index (χ4v) is 3.55. The lowest BCUT2D eigenvalue weighted by atomic mass is 10.0. The number of carbonyl (C=O) groups is 2. The first-order valence-electron chi connectivity index (χ1n) is 8.78. The predicted octanol–water partition coefficient (Wildman–Crippen LogP) is 4.36. The van der Waals surface area contributed by atoms with E-state index in [-0.39, 0.29) is 11.8 Å². The van der Waals surface area contributed by atoms with Gasteiger partial charge in [0, 0.05) is 32.1 Å². The quantitative estimate of drug-likeness (QED) is 0.802. The summed E-state index contributed by atoms with van der Waals surface area (Å²) in [5.41, 5.74) is 4.66. The summed E-state index contributed by atoms with van der Waals surface area (Å²) < 4.78 is 0. The molecule has 3 rings (SSSR count). The summed E-state index contributed by atoms with van der Waals surface area (Å²) in [6, 6.07) is 11.4. The third-order valence-electron chi connectivity index (χ3n) is 4.81. The molecule has 136 valence electrons. The summed E-state index contributed by atoms with van der Waals surface area (Å²) in [5.74, 6) is -0.0327. The normalized spacial score (nSPS) is 14.0. The highest BCUT2D eigenvalue weighted by Crippen LogP contribution is 2.30. The van der Waals surface area contributed by atoms with Crippen LogP contribution in [-0.4, -0.2) is 30.3 Å². The molecular weight excluding hydrogens is 348 g/mol. The van der Waals surface area contributed by atoms with Crippen LogP contribution in [0.15, 0.2) is 36.4 Å². The summed E-state index contributed by atoms with van der Waals surface area (Å²) in [4.78, 5) is 28.2. The predicted molar refractivity (Wildman–Crippen MR) is 105 cm³/mol. The molecule has 0 bridgehead atoms. The van der Waals surface area contributed by atoms with Crippen molar-refractivity contribution in [3.05, 3.63) is 63.7 Å². The zero-order chi connectivity index (χ0) is 18.8. The summed E-state index contributed by atoms with van der Waals surface area (Å²) in [6.45, 7) is 5.29. The molecule has 0 aliphatic carbocycles. The van der Waals surface area contributed by atoms with Gasteiger partial charge in [-0.25, -0.2) is 0 Å². The molecule has 1 fully saturated rings. The average Bonchev–Trinajstić information content (AvgIpc) is 3.03. The Balaban J connectivity index is 1.81. The van der Waals surface area contributed by atoms with Crippen molar-refractivity contribution in [3.8, 4) is 0 Å². The van der Waals surface area contributed by atoms with Gasteiger partial charge in [-0.3, -0.25) is 9.59 Å². The maximum atomic E-state index is 12.9. The highest BCUT2D eigenvalue weighted by atomic mass is 35.5. The molecule has 1 aliphatic rings. The average molecular weight is 371 g/mol. The van der Waals surface area contributed by atoms with Crippen LogP contribution < -0.4 is 4.90 Å². The Morgan fingerprint density at radius 2 is 1.96 bits per heavy atom. The van der Waals surface area contributed by atoms with Crippen molar-refractivity contribution in [2.24, 2.45) is 0 Å². The van der Waals surface area contributed by atoms with Gasteiger partial charge < -0.3 is 9.80 Å². The molecule has 1 aliphatic heterocycles. The molecule has 0 N–H and O–H groups in total. The van der Waals surface area contributed by atoms with Crippen LogP contribution in [0, 0.1) is 13.8 Å². The molecule has 2 aromatic carbocycles. The number of amides is 2. The van der Waals surface area contributed by atoms with Crippen LogP contribution in [-0.2, 0) is 11.3 Å². The van der Waals surface area contributed by atoms with Crippen LogP contribution in [0.3, 0.4) is 0 Å². The van der Waals surface area contributed by atoms with E-state index in [9.17, 15) is 9.59 Å². The minimum absolute atomic E-state index is 0.0557. The lowest BCUT2D eigenvalue weighted by molar-refractivity contribution is -0.117. The van der Waals surface area contributed by atoms with Gasteiger partial charge >= 0.3 is 0 Å². The van der Waals surface area contributed by atoms with E-state index < -0.39 is 0 Å². The van der Waals surface area contributed by atoms with Crippen LogP contribution in [0.5, 0.6) is 0 Å². The minimum atomic E-state index is -0.0884. The largest absolute Gasteiger partial charge is 0.337 e. The van der Waals surface area contributed by atoms with Crippen molar-refractivity contribution in [1.82, 2.24) is 4.90 Å². The van der Waals surface area contributed by atoms with E-state index in [0.717, 1.165) is 12.0 Å². The van der Waals surface area contributed by atoms with Gasteiger partial charge in [-0.2, -0.15) is 0 Å². The second-order valence-corrected chi connectivity index (χ2v) is 7.31. The van der Waals surface area contributed by atoms with E-state index in [0.29, 0.717) is 35.8 Å². The van der Waals surface area contributed by atoms with E-state index in [1.54, 1.807) is 35.0 Å². The Kier molecular flexibility index (Phi) is 5.33. The fourth-order valence-electron chi connectivity index (χ4n) is 3.33. The number of aryl methyl sites for hydroxylation is 2. The molecule has 0 saturated carbocycles. The zero-order valence-electron chi connectivity index (χ0n) is 15.4. The third-order valence-corrected chi connectivity index (χ3v) is 5.13. The van der Waals surface area contributed by atoms with Gasteiger partial charge in [0.1, 0.15) is 0 Å². The Morgan fingerprint density at radius 1 is 1.19 bits per heavy atom. The van der Waals surface area contributed by atoms with Crippen molar-refractivity contribution in [2.75, 3.05) is 18.5 Å². The number of hydrogen-bond donors (Lipinski definition) is 0. The lowest BCUT2D eigenvalue weighted by Crippen LogP contribution is -2.28. The highest BCUT2D eigenvalue weighted by molar-refractivity contribution is 6.34. The van der Waals surface area contributed by atoms with Crippen LogP contribution >= 0.6 is 11.6 Å². The maximum absolute atomic E-state index is 12.9. The molecule has 0 atom stereocenters. The summed E-state index contributed by atoms with van der Waals surface area (Å²) in [7, 11) is 1.79. The molecule has 0 spiro atoms. The summed E-state index contributed by atoms with van der Waals surface area (Å²) >= 11 is 6.27. The van der Waals surface area contributed by atoms with E-state index in [1.807, 2.05) is 0 Å². The molecule has 0 radical (unpaired) electrons. The molecule has 2 aromatic rings. The van der Waals surface area contributed by atoms with Crippen molar-refractivity contribution in [3.63, 3.8) is 0 Å². The molecule has 26 heavy (non-hydrogen) atoms. The van der Waals surface area contributed by atoms with Gasteiger partial charge in [-0.15, -0.1) is 0 Å². The summed E-state index contributed by atoms with van der Waals surface area (Å²) in [5, 5.41) is 0.494. The first-order valence-corrected chi connectivity index (χ1v) is 9.16. The zero-order valence-corrected chi connectivity index (χ0v) is 16.1. The maximum Gasteiger partial charge on any atom is 0.253 e. The molecule has 4 nitrogen and oxygen atoms in total. The molecule has 0 unspecified atom stereocenters. The van der Waals surface area contributed by atoms with Gasteiger partial charge in [-0.05, 0) is 49.6 Å². The number of nitrogens with zero attached hydrogens (tertiary/aromatic N) is 2. The van der Waals surface area contributed by atoms with Crippen LogP contribution in [0.2, 0.25) is 5.02 Å². The highest BCUT2D eigenvalue weighted by Gasteiger charge is 2.25. The number of rotatable bonds is 4. The van der Waals surface area contributed by atoms with Crippen LogP contribution in [0.25, 0.3) is 0 Å². The number of halogens is 1. The second kappa shape index (κ2) is 7.50. The van der Waals surface area contributed by atoms with Gasteiger partial charge in [0.2, 0.25) is 5.91 Å². The molecule has 1 saturated heterocycles. The third kappa shape index (κ3) is 3.75. The topological polar surface area (TPSA) is 40.6 Å². The lowest BCUT2D eigenvalue weighted by Gasteiger charge is -2.21. The van der Waals surface area contributed by atoms with Gasteiger partial charge in [0.25, 0.3) is 5.91 Å². The minimum Gasteiger partial charge on any atom is -0.337 e. The van der Waals surface area contributed by atoms with Gasteiger partial charge in [-0.1, -0.05) is 35.4 Å². The van der Waals surface area contributed by atoms with E-state index in [4.69, 9.17) is 11.6 Å². The Morgan fingerprint density at radius 3 is 2.62 bits per heavy atom. The van der Waals surface area contributed by atoms with Gasteiger partial charge in [0.15, 0.2) is 0 Å². The second-order valence-electron chi connectivity index (χ2n) is 6.91. The Labute approximate surface area is 159 Å². The van der Waals surface area contributed by atoms with Crippen molar-refractivity contribution in [2.45, 2.75) is 33.2 Å². The van der Waals surface area contributed by atoms with E-state index in [1.165, 1.54) is 11.1 Å². The first-order chi connectivity index (χ1) is 12.4. The molecule has 2 amide bonds. The Bertz CT molecular complexity index is 863. The molecule has 5 heteroatoms. The first kappa shape index (κ1) is 18.5. The van der Waals surface area contributed by atoms with Crippen molar-refractivity contribution < 1.29 is 9.59 Å². The molecular formula is C21H23ClN2O2. The smallest absolute Gasteiger partial charge is 0.253 e. The standard InChI is InChI=1S/C21H23ClN2O2/c1-14-6-7-17(15(2)11-14)13-23(3)21(26)16-8-9-18(22)19(12-16)24-10-4-5-20(24)25/h6-9,11-12H,4-5,10,13H2,1-3H3. The molecule has 1 heterocycles. The van der Waals surface area contributed by atoms with E-state index in [2.05, 4.69) is 32.0 Å². The Hall–Kier alpha value is -2.33. The summed E-state index contributed by atoms with van der Waals surface area (Å²) in [6.07, 6.45) is 1.35. The number of anilines is 1. The number of hydrogen-bond acceptors (Lipinski definition) is 2. The monoisotopic (exact) mass is 370 g/mol. The van der Waals surface area contributed by atoms with E-state index >= 15 is 0 Å². The number of carbonyl (C=O) groups excluding carboxylic acids is 2. The number of benzene rings is 2. The van der Waals surface area contributed by atoms with Crippen LogP contribution in [0.4, 0.5) is 5.69 Å². The molecule has 0 aromatic heterocycles. The van der Waals surface area contributed by atoms with Gasteiger partial charge in [0.05, 0.1) is 10.7 Å².